The van der Waals surface area contributed by atoms with Crippen molar-refractivity contribution in [3.8, 4) is 6.07 Å². The summed E-state index contributed by atoms with van der Waals surface area (Å²) in [5.74, 6) is 0.146. The van der Waals surface area contributed by atoms with Crippen molar-refractivity contribution in [1.82, 2.24) is 9.78 Å². The molecule has 6 nitrogen and oxygen atoms in total. The molecular formula is C13H13N5O. The van der Waals surface area contributed by atoms with Gasteiger partial charge in [-0.3, -0.25) is 9.48 Å². The van der Waals surface area contributed by atoms with Gasteiger partial charge in [-0.25, -0.2) is 0 Å². The van der Waals surface area contributed by atoms with Crippen LogP contribution in [-0.4, -0.2) is 15.7 Å². The van der Waals surface area contributed by atoms with Crippen LogP contribution in [0.3, 0.4) is 0 Å². The van der Waals surface area contributed by atoms with Gasteiger partial charge in [-0.15, -0.1) is 0 Å². The molecule has 0 spiro atoms. The highest BCUT2D eigenvalue weighted by Gasteiger charge is 2.12. The Morgan fingerprint density at radius 1 is 1.42 bits per heavy atom. The summed E-state index contributed by atoms with van der Waals surface area (Å²) in [4.78, 5) is 11.0. The lowest BCUT2D eigenvalue weighted by Gasteiger charge is -2.07. The van der Waals surface area contributed by atoms with E-state index < -0.39 is 5.91 Å². The molecule has 6 heteroatoms. The van der Waals surface area contributed by atoms with Crippen molar-refractivity contribution in [2.75, 3.05) is 5.32 Å². The lowest BCUT2D eigenvalue weighted by molar-refractivity contribution is 0.100. The van der Waals surface area contributed by atoms with Crippen molar-refractivity contribution >= 4 is 17.4 Å². The minimum Gasteiger partial charge on any atom is -0.366 e. The summed E-state index contributed by atoms with van der Waals surface area (Å²) in [6, 6.07) is 8.82. The number of benzene rings is 1. The topological polar surface area (TPSA) is 96.7 Å². The van der Waals surface area contributed by atoms with Gasteiger partial charge in [0.2, 0.25) is 5.91 Å². The molecule has 0 saturated heterocycles. The van der Waals surface area contributed by atoms with Crippen LogP contribution in [0.5, 0.6) is 0 Å². The third-order valence-electron chi connectivity index (χ3n) is 2.77. The number of aromatic nitrogens is 2. The van der Waals surface area contributed by atoms with E-state index in [0.717, 1.165) is 5.69 Å². The van der Waals surface area contributed by atoms with E-state index in [0.29, 0.717) is 22.6 Å². The van der Waals surface area contributed by atoms with Crippen LogP contribution in [0.25, 0.3) is 0 Å². The molecule has 0 unspecified atom stereocenters. The summed E-state index contributed by atoms with van der Waals surface area (Å²) in [6.45, 7) is 1.78. The van der Waals surface area contributed by atoms with Gasteiger partial charge in [-0.05, 0) is 31.2 Å². The number of hydrogen-bond donors (Lipinski definition) is 2. The zero-order valence-electron chi connectivity index (χ0n) is 10.6. The van der Waals surface area contributed by atoms with Gasteiger partial charge < -0.3 is 11.1 Å². The first-order valence-corrected chi connectivity index (χ1v) is 5.63. The standard InChI is InChI=1S/C13H13N5O/c1-8-11(7-14)13(18(2)17-8)16-10-5-3-9(4-6-10)12(15)19/h3-6,16H,1-2H3,(H2,15,19). The van der Waals surface area contributed by atoms with Crippen LogP contribution in [0.4, 0.5) is 11.5 Å². The van der Waals surface area contributed by atoms with Crippen LogP contribution in [0, 0.1) is 18.3 Å². The van der Waals surface area contributed by atoms with E-state index >= 15 is 0 Å². The molecule has 0 aliphatic heterocycles. The number of nitrogens with zero attached hydrogens (tertiary/aromatic N) is 3. The molecule has 3 N–H and O–H groups in total. The number of carbonyl (C=O) groups is 1. The predicted octanol–water partition coefficient (Wildman–Crippen LogP) is 1.44. The maximum absolute atomic E-state index is 11.0. The summed E-state index contributed by atoms with van der Waals surface area (Å²) >= 11 is 0. The minimum absolute atomic E-state index is 0.437. The summed E-state index contributed by atoms with van der Waals surface area (Å²) in [7, 11) is 1.76. The van der Waals surface area contributed by atoms with Crippen LogP contribution in [0.15, 0.2) is 24.3 Å². The van der Waals surface area contributed by atoms with Gasteiger partial charge in [0.05, 0.1) is 5.69 Å². The maximum atomic E-state index is 11.0. The van der Waals surface area contributed by atoms with Gasteiger partial charge in [-0.2, -0.15) is 10.4 Å². The quantitative estimate of drug-likeness (QED) is 0.867. The highest BCUT2D eigenvalue weighted by Crippen LogP contribution is 2.22. The van der Waals surface area contributed by atoms with Crippen LogP contribution in [0.2, 0.25) is 0 Å². The largest absolute Gasteiger partial charge is 0.366 e. The average Bonchev–Trinajstić information content (AvgIpc) is 2.64. The summed E-state index contributed by atoms with van der Waals surface area (Å²) in [6.07, 6.45) is 0. The first kappa shape index (κ1) is 12.6. The van der Waals surface area contributed by atoms with Gasteiger partial charge >= 0.3 is 0 Å². The van der Waals surface area contributed by atoms with Crippen LogP contribution < -0.4 is 11.1 Å². The Bertz CT molecular complexity index is 664. The lowest BCUT2D eigenvalue weighted by Crippen LogP contribution is -2.10. The molecule has 0 bridgehead atoms. The van der Waals surface area contributed by atoms with E-state index in [2.05, 4.69) is 16.5 Å². The van der Waals surface area contributed by atoms with E-state index in [1.165, 1.54) is 0 Å². The lowest BCUT2D eigenvalue weighted by atomic mass is 10.2. The van der Waals surface area contributed by atoms with Crippen molar-refractivity contribution in [2.45, 2.75) is 6.92 Å². The summed E-state index contributed by atoms with van der Waals surface area (Å²) < 4.78 is 1.61. The van der Waals surface area contributed by atoms with Crippen molar-refractivity contribution in [3.05, 3.63) is 41.1 Å². The fraction of sp³-hybridized carbons (Fsp3) is 0.154. The van der Waals surface area contributed by atoms with Crippen molar-refractivity contribution < 1.29 is 4.79 Å². The number of nitrogens with two attached hydrogens (primary N) is 1. The predicted molar refractivity (Wildman–Crippen MR) is 70.9 cm³/mol. The number of aryl methyl sites for hydroxylation is 2. The fourth-order valence-corrected chi connectivity index (χ4v) is 1.79. The smallest absolute Gasteiger partial charge is 0.248 e. The number of nitriles is 1. The number of nitrogens with one attached hydrogen (secondary N) is 1. The van der Waals surface area contributed by atoms with Gasteiger partial charge in [0.15, 0.2) is 0 Å². The number of rotatable bonds is 3. The average molecular weight is 255 g/mol. The highest BCUT2D eigenvalue weighted by atomic mass is 16.1. The zero-order chi connectivity index (χ0) is 14.0. The molecule has 96 valence electrons. The molecule has 0 radical (unpaired) electrons. The van der Waals surface area contributed by atoms with E-state index in [-0.39, 0.29) is 0 Å². The number of hydrogen-bond acceptors (Lipinski definition) is 4. The number of carbonyl (C=O) groups excluding carboxylic acids is 1. The molecule has 0 fully saturated rings. The SMILES string of the molecule is Cc1nn(C)c(Nc2ccc(C(N)=O)cc2)c1C#N. The van der Waals surface area contributed by atoms with Crippen molar-refractivity contribution in [3.63, 3.8) is 0 Å². The van der Waals surface area contributed by atoms with E-state index in [1.54, 1.807) is 42.9 Å². The summed E-state index contributed by atoms with van der Waals surface area (Å²) in [5, 5.41) is 16.4. The molecule has 0 aliphatic rings. The first-order valence-electron chi connectivity index (χ1n) is 5.63. The molecule has 0 aliphatic carbocycles. The van der Waals surface area contributed by atoms with E-state index in [4.69, 9.17) is 11.0 Å². The number of anilines is 2. The second-order valence-electron chi connectivity index (χ2n) is 4.11. The second-order valence-corrected chi connectivity index (χ2v) is 4.11. The summed E-state index contributed by atoms with van der Waals surface area (Å²) in [5.41, 5.74) is 7.53. The van der Waals surface area contributed by atoms with Crippen LogP contribution in [0.1, 0.15) is 21.6 Å². The Hall–Kier alpha value is -2.81. The molecule has 0 atom stereocenters. The molecule has 19 heavy (non-hydrogen) atoms. The molecular weight excluding hydrogens is 242 g/mol. The van der Waals surface area contributed by atoms with Gasteiger partial charge in [0.1, 0.15) is 17.5 Å². The Morgan fingerprint density at radius 2 is 2.05 bits per heavy atom. The fourth-order valence-electron chi connectivity index (χ4n) is 1.79. The molecule has 2 rings (SSSR count). The minimum atomic E-state index is -0.472. The third-order valence-corrected chi connectivity index (χ3v) is 2.77. The van der Waals surface area contributed by atoms with Crippen molar-refractivity contribution in [2.24, 2.45) is 12.8 Å². The molecule has 1 aromatic carbocycles. The molecule has 1 aromatic heterocycles. The van der Waals surface area contributed by atoms with Crippen molar-refractivity contribution in [1.29, 1.82) is 5.26 Å². The Kier molecular flexibility index (Phi) is 3.21. The molecule has 0 saturated carbocycles. The van der Waals surface area contributed by atoms with Crippen LogP contribution >= 0.6 is 0 Å². The zero-order valence-corrected chi connectivity index (χ0v) is 10.6. The molecule has 1 amide bonds. The molecule has 2 aromatic rings. The normalized spacial score (nSPS) is 9.95. The Morgan fingerprint density at radius 3 is 2.58 bits per heavy atom. The second kappa shape index (κ2) is 4.82. The maximum Gasteiger partial charge on any atom is 0.248 e. The first-order chi connectivity index (χ1) is 9.02. The van der Waals surface area contributed by atoms with Gasteiger partial charge in [0.25, 0.3) is 0 Å². The van der Waals surface area contributed by atoms with Gasteiger partial charge in [-0.1, -0.05) is 0 Å². The Balaban J connectivity index is 2.32. The molecule has 1 heterocycles. The Labute approximate surface area is 110 Å². The number of amides is 1. The van der Waals surface area contributed by atoms with E-state index in [9.17, 15) is 4.79 Å². The third kappa shape index (κ3) is 2.40. The highest BCUT2D eigenvalue weighted by molar-refractivity contribution is 5.93. The van der Waals surface area contributed by atoms with E-state index in [1.807, 2.05) is 0 Å². The van der Waals surface area contributed by atoms with Crippen LogP contribution in [-0.2, 0) is 7.05 Å². The van der Waals surface area contributed by atoms with Gasteiger partial charge in [0, 0.05) is 18.3 Å². The number of primary amides is 1. The monoisotopic (exact) mass is 255 g/mol.